The van der Waals surface area contributed by atoms with Gasteiger partial charge in [0.05, 0.1) is 18.4 Å². The van der Waals surface area contributed by atoms with Gasteiger partial charge in [0, 0.05) is 4.47 Å². The van der Waals surface area contributed by atoms with E-state index in [4.69, 9.17) is 9.47 Å². The van der Waals surface area contributed by atoms with Crippen molar-refractivity contribution in [3.8, 4) is 11.5 Å². The van der Waals surface area contributed by atoms with Crippen LogP contribution in [0.4, 0.5) is 14.9 Å². The van der Waals surface area contributed by atoms with Crippen LogP contribution in [0, 0.1) is 5.82 Å². The Morgan fingerprint density at radius 3 is 2.40 bits per heavy atom. The first-order valence-electron chi connectivity index (χ1n) is 10.1. The van der Waals surface area contributed by atoms with Crippen LogP contribution in [0.3, 0.4) is 0 Å². The summed E-state index contributed by atoms with van der Waals surface area (Å²) in [7, 11) is 1.36. The Bertz CT molecular complexity index is 1390. The average molecular weight is 539 g/mol. The van der Waals surface area contributed by atoms with E-state index in [1.165, 1.54) is 49.6 Å². The van der Waals surface area contributed by atoms with Crippen molar-refractivity contribution in [2.24, 2.45) is 0 Å². The first-order valence-corrected chi connectivity index (χ1v) is 10.9. The molecule has 8 nitrogen and oxygen atoms in total. The predicted octanol–water partition coefficient (Wildman–Crippen LogP) is 4.48. The third-order valence-electron chi connectivity index (χ3n) is 4.98. The third-order valence-corrected chi connectivity index (χ3v) is 5.50. The van der Waals surface area contributed by atoms with E-state index >= 15 is 0 Å². The number of methoxy groups -OCH3 is 1. The van der Waals surface area contributed by atoms with Crippen LogP contribution in [0.25, 0.3) is 6.08 Å². The molecule has 0 atom stereocenters. The van der Waals surface area contributed by atoms with Crippen LogP contribution < -0.4 is 19.7 Å². The summed E-state index contributed by atoms with van der Waals surface area (Å²) >= 11 is 3.29. The molecule has 0 radical (unpaired) electrons. The van der Waals surface area contributed by atoms with Gasteiger partial charge in [-0.05, 0) is 60.2 Å². The number of ether oxygens (including phenoxy) is 2. The Labute approximate surface area is 207 Å². The van der Waals surface area contributed by atoms with E-state index in [-0.39, 0.29) is 17.2 Å². The minimum absolute atomic E-state index is 0.116. The summed E-state index contributed by atoms with van der Waals surface area (Å²) in [5.74, 6) is -3.06. The number of hydrogen-bond acceptors (Lipinski definition) is 6. The van der Waals surface area contributed by atoms with Crippen molar-refractivity contribution in [1.82, 2.24) is 5.32 Å². The lowest BCUT2D eigenvalue weighted by molar-refractivity contribution is -0.122. The van der Waals surface area contributed by atoms with Crippen molar-refractivity contribution in [3.63, 3.8) is 0 Å². The van der Waals surface area contributed by atoms with E-state index < -0.39 is 35.2 Å². The maximum Gasteiger partial charge on any atom is 0.343 e. The Morgan fingerprint density at radius 2 is 1.71 bits per heavy atom. The smallest absolute Gasteiger partial charge is 0.343 e. The van der Waals surface area contributed by atoms with E-state index in [0.717, 1.165) is 10.5 Å². The Balaban J connectivity index is 1.63. The molecule has 4 amide bonds. The summed E-state index contributed by atoms with van der Waals surface area (Å²) in [6.07, 6.45) is 1.22. The number of urea groups is 1. The number of halogens is 2. The highest BCUT2D eigenvalue weighted by molar-refractivity contribution is 9.10. The molecule has 0 aromatic heterocycles. The lowest BCUT2D eigenvalue weighted by Crippen LogP contribution is -2.54. The molecule has 0 aliphatic carbocycles. The van der Waals surface area contributed by atoms with Gasteiger partial charge >= 0.3 is 12.0 Å². The molecule has 1 aliphatic rings. The van der Waals surface area contributed by atoms with E-state index in [2.05, 4.69) is 15.9 Å². The number of nitrogens with one attached hydrogen (secondary N) is 1. The zero-order valence-electron chi connectivity index (χ0n) is 18.1. The molecule has 10 heteroatoms. The number of carbonyl (C=O) groups excluding carboxylic acids is 4. The van der Waals surface area contributed by atoms with E-state index in [0.29, 0.717) is 16.0 Å². The van der Waals surface area contributed by atoms with Gasteiger partial charge in [-0.1, -0.05) is 34.1 Å². The first-order chi connectivity index (χ1) is 16.8. The standard InChI is InChI=1S/C25H16BrFN2O6/c1-34-21-13-14(6-11-20(21)35-24(32)15-7-9-16(26)10-8-15)12-17-22(30)28-25(33)29(23(17)31)19-5-3-2-4-18(19)27/h2-13H,1H3,(H,28,30,33)/b17-12+. The second-order valence-corrected chi connectivity index (χ2v) is 8.13. The van der Waals surface area contributed by atoms with Crippen LogP contribution >= 0.6 is 15.9 Å². The number of rotatable bonds is 5. The zero-order chi connectivity index (χ0) is 25.1. The molecular weight excluding hydrogens is 523 g/mol. The van der Waals surface area contributed by atoms with Gasteiger partial charge in [-0.3, -0.25) is 14.9 Å². The second-order valence-electron chi connectivity index (χ2n) is 7.22. The molecule has 35 heavy (non-hydrogen) atoms. The van der Waals surface area contributed by atoms with Crippen LogP contribution in [-0.2, 0) is 9.59 Å². The molecule has 0 spiro atoms. The molecule has 0 unspecified atom stereocenters. The normalized spacial score (nSPS) is 14.7. The summed E-state index contributed by atoms with van der Waals surface area (Å²) in [5, 5.41) is 2.03. The van der Waals surface area contributed by atoms with Crippen LogP contribution in [0.15, 0.2) is 76.8 Å². The number of imide groups is 2. The maximum absolute atomic E-state index is 14.2. The second kappa shape index (κ2) is 9.90. The van der Waals surface area contributed by atoms with Crippen molar-refractivity contribution < 1.29 is 33.0 Å². The number of carbonyl (C=O) groups is 4. The molecule has 3 aromatic carbocycles. The Hall–Kier alpha value is -4.31. The fourth-order valence-corrected chi connectivity index (χ4v) is 3.54. The molecule has 1 aliphatic heterocycles. The molecule has 1 heterocycles. The number of nitrogens with zero attached hydrogens (tertiary/aromatic N) is 1. The summed E-state index contributed by atoms with van der Waals surface area (Å²) in [4.78, 5) is 50.6. The number of hydrogen-bond donors (Lipinski definition) is 1. The lowest BCUT2D eigenvalue weighted by Gasteiger charge is -2.26. The monoisotopic (exact) mass is 538 g/mol. The van der Waals surface area contributed by atoms with Crippen LogP contribution in [0.5, 0.6) is 11.5 Å². The van der Waals surface area contributed by atoms with Crippen LogP contribution in [0.1, 0.15) is 15.9 Å². The quantitative estimate of drug-likeness (QED) is 0.222. The molecule has 1 fully saturated rings. The fraction of sp³-hybridized carbons (Fsp3) is 0.0400. The summed E-state index contributed by atoms with van der Waals surface area (Å²) in [5.41, 5.74) is -0.0221. The Kier molecular flexibility index (Phi) is 6.74. The number of esters is 1. The molecule has 0 saturated carbocycles. The minimum Gasteiger partial charge on any atom is -0.493 e. The highest BCUT2D eigenvalue weighted by Gasteiger charge is 2.38. The maximum atomic E-state index is 14.2. The van der Waals surface area contributed by atoms with Gasteiger partial charge < -0.3 is 9.47 Å². The molecule has 3 aromatic rings. The minimum atomic E-state index is -1.06. The van der Waals surface area contributed by atoms with Crippen molar-refractivity contribution in [2.45, 2.75) is 0 Å². The van der Waals surface area contributed by atoms with Gasteiger partial charge in [0.1, 0.15) is 11.4 Å². The Morgan fingerprint density at radius 1 is 1.00 bits per heavy atom. The highest BCUT2D eigenvalue weighted by Crippen LogP contribution is 2.31. The van der Waals surface area contributed by atoms with Gasteiger partial charge in [0.15, 0.2) is 11.5 Å². The van der Waals surface area contributed by atoms with Crippen molar-refractivity contribution in [2.75, 3.05) is 12.0 Å². The zero-order valence-corrected chi connectivity index (χ0v) is 19.7. The van der Waals surface area contributed by atoms with Crippen LogP contribution in [0.2, 0.25) is 0 Å². The van der Waals surface area contributed by atoms with Crippen LogP contribution in [-0.4, -0.2) is 30.9 Å². The molecule has 4 rings (SSSR count). The number of benzene rings is 3. The number of anilines is 1. The summed E-state index contributed by atoms with van der Waals surface area (Å²) in [6.45, 7) is 0. The van der Waals surface area contributed by atoms with Crippen molar-refractivity contribution in [1.29, 1.82) is 0 Å². The molecule has 1 saturated heterocycles. The predicted molar refractivity (Wildman–Crippen MR) is 127 cm³/mol. The van der Waals surface area contributed by atoms with Gasteiger partial charge in [0.2, 0.25) is 0 Å². The van der Waals surface area contributed by atoms with E-state index in [1.807, 2.05) is 5.32 Å². The van der Waals surface area contributed by atoms with E-state index in [9.17, 15) is 23.6 Å². The van der Waals surface area contributed by atoms with Gasteiger partial charge in [-0.25, -0.2) is 18.9 Å². The number of barbiturate groups is 1. The van der Waals surface area contributed by atoms with Gasteiger partial charge in [0.25, 0.3) is 11.8 Å². The molecular formula is C25H16BrFN2O6. The van der Waals surface area contributed by atoms with Gasteiger partial charge in [-0.2, -0.15) is 0 Å². The third kappa shape index (κ3) is 4.97. The molecule has 1 N–H and O–H groups in total. The largest absolute Gasteiger partial charge is 0.493 e. The van der Waals surface area contributed by atoms with E-state index in [1.54, 1.807) is 24.3 Å². The summed E-state index contributed by atoms with van der Waals surface area (Å²) in [6, 6.07) is 15.1. The number of para-hydroxylation sites is 1. The SMILES string of the molecule is COc1cc(/C=C2\C(=O)NC(=O)N(c3ccccc3F)C2=O)ccc1OC(=O)c1ccc(Br)cc1. The average Bonchev–Trinajstić information content (AvgIpc) is 2.84. The first kappa shape index (κ1) is 23.8. The highest BCUT2D eigenvalue weighted by atomic mass is 79.9. The molecule has 0 bridgehead atoms. The summed E-state index contributed by atoms with van der Waals surface area (Å²) < 4.78 is 25.7. The topological polar surface area (TPSA) is 102 Å². The fourth-order valence-electron chi connectivity index (χ4n) is 3.28. The van der Waals surface area contributed by atoms with Crippen molar-refractivity contribution in [3.05, 3.63) is 93.7 Å². The van der Waals surface area contributed by atoms with Crippen molar-refractivity contribution >= 4 is 51.5 Å². The lowest BCUT2D eigenvalue weighted by atomic mass is 10.1. The number of amides is 4. The molecule has 176 valence electrons. The van der Waals surface area contributed by atoms with Gasteiger partial charge in [-0.15, -0.1) is 0 Å².